The van der Waals surface area contributed by atoms with E-state index in [9.17, 15) is 0 Å². The predicted octanol–water partition coefficient (Wildman–Crippen LogP) is 2.91. The molecule has 1 aromatic carbocycles. The molecule has 0 aliphatic carbocycles. The SMILES string of the molecule is Cc1nc2cc(CCN(C)C(C)(C)C#N)ccc2o1. The Balaban J connectivity index is 2.08. The summed E-state index contributed by atoms with van der Waals surface area (Å²) in [7, 11) is 1.97. The molecule has 0 spiro atoms. The first-order chi connectivity index (χ1) is 8.92. The molecule has 0 aliphatic heterocycles. The quantitative estimate of drug-likeness (QED) is 0.845. The van der Waals surface area contributed by atoms with Crippen molar-refractivity contribution < 1.29 is 4.42 Å². The Kier molecular flexibility index (Phi) is 3.59. The number of oxazole rings is 1. The van der Waals surface area contributed by atoms with Crippen molar-refractivity contribution >= 4 is 11.1 Å². The summed E-state index contributed by atoms with van der Waals surface area (Å²) in [5.74, 6) is 0.690. The first-order valence-corrected chi connectivity index (χ1v) is 6.41. The summed E-state index contributed by atoms with van der Waals surface area (Å²) in [6.07, 6.45) is 0.892. The van der Waals surface area contributed by atoms with Crippen molar-refractivity contribution in [3.05, 3.63) is 29.7 Å². The molecule has 0 fully saturated rings. The molecule has 0 N–H and O–H groups in total. The van der Waals surface area contributed by atoms with Gasteiger partial charge in [-0.3, -0.25) is 4.90 Å². The van der Waals surface area contributed by atoms with Crippen LogP contribution in [0.15, 0.2) is 22.6 Å². The molecule has 1 aromatic heterocycles. The maximum absolute atomic E-state index is 9.09. The molecular weight excluding hydrogens is 238 g/mol. The van der Waals surface area contributed by atoms with E-state index in [1.165, 1.54) is 5.56 Å². The molecule has 0 bridgehead atoms. The van der Waals surface area contributed by atoms with Crippen LogP contribution in [-0.4, -0.2) is 29.0 Å². The number of aryl methyl sites for hydroxylation is 1. The molecule has 4 nitrogen and oxygen atoms in total. The van der Waals surface area contributed by atoms with Crippen LogP contribution in [-0.2, 0) is 6.42 Å². The Bertz CT molecular complexity index is 622. The van der Waals surface area contributed by atoms with E-state index in [1.807, 2.05) is 33.9 Å². The van der Waals surface area contributed by atoms with Gasteiger partial charge in [0.25, 0.3) is 0 Å². The highest BCUT2D eigenvalue weighted by molar-refractivity contribution is 5.73. The molecule has 19 heavy (non-hydrogen) atoms. The number of rotatable bonds is 4. The zero-order valence-corrected chi connectivity index (χ0v) is 11.9. The number of nitrogens with zero attached hydrogens (tertiary/aromatic N) is 3. The van der Waals surface area contributed by atoms with E-state index in [4.69, 9.17) is 9.68 Å². The predicted molar refractivity (Wildman–Crippen MR) is 74.8 cm³/mol. The molecule has 0 atom stereocenters. The first-order valence-electron chi connectivity index (χ1n) is 6.41. The smallest absolute Gasteiger partial charge is 0.192 e. The second kappa shape index (κ2) is 5.02. The minimum Gasteiger partial charge on any atom is -0.441 e. The third kappa shape index (κ3) is 2.94. The summed E-state index contributed by atoms with van der Waals surface area (Å²) in [5, 5.41) is 9.09. The van der Waals surface area contributed by atoms with E-state index < -0.39 is 5.54 Å². The van der Waals surface area contributed by atoms with Crippen molar-refractivity contribution in [3.8, 4) is 6.07 Å². The standard InChI is InChI=1S/C15H19N3O/c1-11-17-13-9-12(5-6-14(13)19-11)7-8-18(4)15(2,3)10-16/h5-6,9H,7-8H2,1-4H3. The number of likely N-dealkylation sites (N-methyl/N-ethyl adjacent to an activating group) is 1. The number of nitriles is 1. The highest BCUT2D eigenvalue weighted by atomic mass is 16.3. The van der Waals surface area contributed by atoms with Gasteiger partial charge in [-0.05, 0) is 45.0 Å². The number of benzene rings is 1. The molecule has 100 valence electrons. The fourth-order valence-electron chi connectivity index (χ4n) is 1.91. The van der Waals surface area contributed by atoms with Gasteiger partial charge >= 0.3 is 0 Å². The maximum Gasteiger partial charge on any atom is 0.192 e. The van der Waals surface area contributed by atoms with Crippen LogP contribution in [0.2, 0.25) is 0 Å². The molecule has 2 aromatic rings. The molecule has 0 unspecified atom stereocenters. The lowest BCUT2D eigenvalue weighted by Gasteiger charge is -2.28. The van der Waals surface area contributed by atoms with E-state index in [1.54, 1.807) is 0 Å². The van der Waals surface area contributed by atoms with Gasteiger partial charge in [0, 0.05) is 13.5 Å². The fraction of sp³-hybridized carbons (Fsp3) is 0.467. The Morgan fingerprint density at radius 3 is 2.84 bits per heavy atom. The minimum atomic E-state index is -0.436. The van der Waals surface area contributed by atoms with Crippen molar-refractivity contribution in [2.24, 2.45) is 0 Å². The lowest BCUT2D eigenvalue weighted by atomic mass is 10.0. The van der Waals surface area contributed by atoms with Crippen LogP contribution in [0, 0.1) is 18.3 Å². The zero-order chi connectivity index (χ0) is 14.0. The van der Waals surface area contributed by atoms with Gasteiger partial charge in [0.15, 0.2) is 11.5 Å². The fourth-order valence-corrected chi connectivity index (χ4v) is 1.91. The summed E-state index contributed by atoms with van der Waals surface area (Å²) in [6.45, 7) is 6.54. The Morgan fingerprint density at radius 1 is 1.42 bits per heavy atom. The van der Waals surface area contributed by atoms with E-state index >= 15 is 0 Å². The van der Waals surface area contributed by atoms with E-state index in [-0.39, 0.29) is 0 Å². The second-order valence-electron chi connectivity index (χ2n) is 5.38. The lowest BCUT2D eigenvalue weighted by molar-refractivity contribution is 0.214. The number of hydrogen-bond acceptors (Lipinski definition) is 4. The number of fused-ring (bicyclic) bond motifs is 1. The Hall–Kier alpha value is -1.86. The average Bonchev–Trinajstić information content (AvgIpc) is 2.74. The first kappa shape index (κ1) is 13.6. The van der Waals surface area contributed by atoms with Gasteiger partial charge in [0.1, 0.15) is 11.1 Å². The summed E-state index contributed by atoms with van der Waals surface area (Å²) < 4.78 is 5.46. The van der Waals surface area contributed by atoms with Crippen molar-refractivity contribution in [2.75, 3.05) is 13.6 Å². The van der Waals surface area contributed by atoms with Crippen LogP contribution in [0.4, 0.5) is 0 Å². The topological polar surface area (TPSA) is 53.1 Å². The van der Waals surface area contributed by atoms with Gasteiger partial charge in [0.2, 0.25) is 0 Å². The third-order valence-corrected chi connectivity index (χ3v) is 3.52. The maximum atomic E-state index is 9.09. The molecule has 2 rings (SSSR count). The summed E-state index contributed by atoms with van der Waals surface area (Å²) in [5.41, 5.74) is 2.50. The average molecular weight is 257 g/mol. The van der Waals surface area contributed by atoms with Crippen molar-refractivity contribution in [2.45, 2.75) is 32.7 Å². The molecule has 0 saturated carbocycles. The molecule has 0 amide bonds. The number of hydrogen-bond donors (Lipinski definition) is 0. The van der Waals surface area contributed by atoms with Crippen LogP contribution in [0.5, 0.6) is 0 Å². The van der Waals surface area contributed by atoms with Gasteiger partial charge in [-0.15, -0.1) is 0 Å². The Morgan fingerprint density at radius 2 is 2.16 bits per heavy atom. The van der Waals surface area contributed by atoms with Crippen molar-refractivity contribution in [3.63, 3.8) is 0 Å². The lowest BCUT2D eigenvalue weighted by Crippen LogP contribution is -2.40. The van der Waals surface area contributed by atoms with Crippen molar-refractivity contribution in [1.82, 2.24) is 9.88 Å². The van der Waals surface area contributed by atoms with Crippen LogP contribution in [0.25, 0.3) is 11.1 Å². The van der Waals surface area contributed by atoms with Crippen LogP contribution >= 0.6 is 0 Å². The van der Waals surface area contributed by atoms with Gasteiger partial charge in [-0.1, -0.05) is 6.07 Å². The molecular formula is C15H19N3O. The molecule has 1 heterocycles. The highest BCUT2D eigenvalue weighted by Gasteiger charge is 2.22. The van der Waals surface area contributed by atoms with Gasteiger partial charge in [-0.2, -0.15) is 5.26 Å². The molecule has 4 heteroatoms. The van der Waals surface area contributed by atoms with Crippen LogP contribution in [0.3, 0.4) is 0 Å². The summed E-state index contributed by atoms with van der Waals surface area (Å²) in [4.78, 5) is 6.39. The molecule has 0 saturated heterocycles. The third-order valence-electron chi connectivity index (χ3n) is 3.52. The largest absolute Gasteiger partial charge is 0.441 e. The van der Waals surface area contributed by atoms with E-state index in [0.29, 0.717) is 5.89 Å². The second-order valence-corrected chi connectivity index (χ2v) is 5.38. The molecule has 0 aliphatic rings. The van der Waals surface area contributed by atoms with E-state index in [0.717, 1.165) is 24.1 Å². The highest BCUT2D eigenvalue weighted by Crippen LogP contribution is 2.18. The van der Waals surface area contributed by atoms with Gasteiger partial charge < -0.3 is 4.42 Å². The van der Waals surface area contributed by atoms with Crippen molar-refractivity contribution in [1.29, 1.82) is 5.26 Å². The summed E-state index contributed by atoms with van der Waals surface area (Å²) in [6, 6.07) is 8.38. The minimum absolute atomic E-state index is 0.436. The van der Waals surface area contributed by atoms with Gasteiger partial charge in [0.05, 0.1) is 6.07 Å². The Labute approximate surface area is 113 Å². The van der Waals surface area contributed by atoms with Crippen LogP contribution in [0.1, 0.15) is 25.3 Å². The van der Waals surface area contributed by atoms with E-state index in [2.05, 4.69) is 28.1 Å². The monoisotopic (exact) mass is 257 g/mol. The summed E-state index contributed by atoms with van der Waals surface area (Å²) >= 11 is 0. The number of aromatic nitrogens is 1. The normalized spacial score (nSPS) is 12.0. The zero-order valence-electron chi connectivity index (χ0n) is 11.9. The molecule has 0 radical (unpaired) electrons. The van der Waals surface area contributed by atoms with Crippen LogP contribution < -0.4 is 0 Å². The van der Waals surface area contributed by atoms with Gasteiger partial charge in [-0.25, -0.2) is 4.98 Å².